The number of nitrogens with zero attached hydrogens (tertiary/aromatic N) is 1. The predicted molar refractivity (Wildman–Crippen MR) is 83.3 cm³/mol. The highest BCUT2D eigenvalue weighted by Gasteiger charge is 2.58. The van der Waals surface area contributed by atoms with Crippen LogP contribution in [0.4, 0.5) is 0 Å². The van der Waals surface area contributed by atoms with Crippen LogP contribution in [0.25, 0.3) is 0 Å². The summed E-state index contributed by atoms with van der Waals surface area (Å²) < 4.78 is 24.7. The Bertz CT molecular complexity index is 723. The number of carbonyl (C=O) groups excluding carboxylic acids is 1. The van der Waals surface area contributed by atoms with E-state index in [4.69, 9.17) is 0 Å². The van der Waals surface area contributed by atoms with E-state index in [1.165, 1.54) is 0 Å². The molecular formula is C16H20N2O3S. The molecule has 0 aromatic heterocycles. The van der Waals surface area contributed by atoms with E-state index in [1.807, 2.05) is 29.2 Å². The van der Waals surface area contributed by atoms with Gasteiger partial charge in [0.15, 0.2) is 9.84 Å². The zero-order valence-electron chi connectivity index (χ0n) is 12.4. The first-order chi connectivity index (χ1) is 10.6. The maximum Gasteiger partial charge on any atom is 0.254 e. The Balaban J connectivity index is 1.73. The van der Waals surface area contributed by atoms with E-state index in [9.17, 15) is 13.2 Å². The molecule has 1 aromatic rings. The van der Waals surface area contributed by atoms with Crippen LogP contribution >= 0.6 is 0 Å². The molecule has 1 aromatic carbocycles. The minimum absolute atomic E-state index is 0.00407. The molecule has 0 saturated carbocycles. The monoisotopic (exact) mass is 320 g/mol. The van der Waals surface area contributed by atoms with Crippen molar-refractivity contribution in [2.75, 3.05) is 18.8 Å². The Hall–Kier alpha value is -1.40. The molecular weight excluding hydrogens is 300 g/mol. The van der Waals surface area contributed by atoms with Gasteiger partial charge < -0.3 is 10.2 Å². The molecule has 4 rings (SSSR count). The molecule has 6 heteroatoms. The van der Waals surface area contributed by atoms with Crippen LogP contribution in [0.1, 0.15) is 35.2 Å². The number of hydrogen-bond donors (Lipinski definition) is 1. The van der Waals surface area contributed by atoms with Gasteiger partial charge in [0.2, 0.25) is 0 Å². The van der Waals surface area contributed by atoms with E-state index >= 15 is 0 Å². The number of carbonyl (C=O) groups is 1. The topological polar surface area (TPSA) is 66.5 Å². The second kappa shape index (κ2) is 4.80. The summed E-state index contributed by atoms with van der Waals surface area (Å²) in [5, 5.41) is 3.25. The van der Waals surface area contributed by atoms with E-state index in [0.717, 1.165) is 11.1 Å². The lowest BCUT2D eigenvalue weighted by molar-refractivity contribution is 0.0640. The lowest BCUT2D eigenvalue weighted by Crippen LogP contribution is -2.57. The van der Waals surface area contributed by atoms with Crippen molar-refractivity contribution in [3.8, 4) is 0 Å². The molecule has 0 aliphatic carbocycles. The van der Waals surface area contributed by atoms with Crippen LogP contribution in [-0.4, -0.2) is 48.9 Å². The number of piperidine rings is 1. The van der Waals surface area contributed by atoms with Crippen LogP contribution in [0.5, 0.6) is 0 Å². The van der Waals surface area contributed by atoms with Crippen LogP contribution in [0.15, 0.2) is 24.3 Å². The first-order valence-electron chi connectivity index (χ1n) is 7.87. The van der Waals surface area contributed by atoms with Gasteiger partial charge in [0.25, 0.3) is 5.91 Å². The van der Waals surface area contributed by atoms with Crippen molar-refractivity contribution in [1.82, 2.24) is 10.2 Å². The minimum atomic E-state index is -3.14. The van der Waals surface area contributed by atoms with Gasteiger partial charge in [-0.15, -0.1) is 0 Å². The smallest absolute Gasteiger partial charge is 0.254 e. The van der Waals surface area contributed by atoms with Gasteiger partial charge in [-0.1, -0.05) is 18.2 Å². The Morgan fingerprint density at radius 2 is 1.91 bits per heavy atom. The van der Waals surface area contributed by atoms with E-state index in [2.05, 4.69) is 5.32 Å². The van der Waals surface area contributed by atoms with E-state index in [0.29, 0.717) is 38.9 Å². The fourth-order valence-corrected chi connectivity index (χ4v) is 6.83. The van der Waals surface area contributed by atoms with Crippen molar-refractivity contribution in [3.05, 3.63) is 35.4 Å². The molecule has 1 unspecified atom stereocenters. The molecule has 2 saturated heterocycles. The third kappa shape index (κ3) is 1.80. The number of amides is 1. The fraction of sp³-hybridized carbons (Fsp3) is 0.562. The first-order valence-corrected chi connectivity index (χ1v) is 9.52. The van der Waals surface area contributed by atoms with Gasteiger partial charge in [-0.25, -0.2) is 8.42 Å². The summed E-state index contributed by atoms with van der Waals surface area (Å²) in [4.78, 5) is 14.6. The maximum absolute atomic E-state index is 12.7. The summed E-state index contributed by atoms with van der Waals surface area (Å²) >= 11 is 0. The Morgan fingerprint density at radius 3 is 2.64 bits per heavy atom. The van der Waals surface area contributed by atoms with Gasteiger partial charge in [0, 0.05) is 12.1 Å². The van der Waals surface area contributed by atoms with Crippen molar-refractivity contribution >= 4 is 15.7 Å². The Kier molecular flexibility index (Phi) is 3.10. The third-order valence-electron chi connectivity index (χ3n) is 5.56. The Labute approximate surface area is 130 Å². The quantitative estimate of drug-likeness (QED) is 0.837. The summed E-state index contributed by atoms with van der Waals surface area (Å²) in [6.07, 6.45) is 1.79. The van der Waals surface area contributed by atoms with Crippen LogP contribution in [0.2, 0.25) is 0 Å². The molecule has 5 nitrogen and oxygen atoms in total. The third-order valence-corrected chi connectivity index (χ3v) is 8.25. The number of sulfone groups is 1. The average Bonchev–Trinajstić information content (AvgIpc) is 2.97. The summed E-state index contributed by atoms with van der Waals surface area (Å²) in [5.41, 5.74) is 1.75. The van der Waals surface area contributed by atoms with Crippen LogP contribution in [0.3, 0.4) is 0 Å². The second-order valence-electron chi connectivity index (χ2n) is 6.53. The Morgan fingerprint density at radius 1 is 1.18 bits per heavy atom. The molecule has 2 fully saturated rings. The number of nitrogens with one attached hydrogen (secondary N) is 1. The van der Waals surface area contributed by atoms with Crippen LogP contribution < -0.4 is 5.32 Å². The summed E-state index contributed by atoms with van der Waals surface area (Å²) in [5.74, 6) is 0.202. The SMILES string of the molecule is O=C1c2ccccc2CN1C1CCS(=O)(=O)C12CCNCC2. The number of rotatable bonds is 1. The highest BCUT2D eigenvalue weighted by molar-refractivity contribution is 7.93. The molecule has 1 N–H and O–H groups in total. The first kappa shape index (κ1) is 14.2. The molecule has 3 heterocycles. The molecule has 0 bridgehead atoms. The van der Waals surface area contributed by atoms with Crippen molar-refractivity contribution in [3.63, 3.8) is 0 Å². The predicted octanol–water partition coefficient (Wildman–Crippen LogP) is 0.952. The lowest BCUT2D eigenvalue weighted by Gasteiger charge is -2.41. The highest BCUT2D eigenvalue weighted by atomic mass is 32.2. The van der Waals surface area contributed by atoms with Crippen molar-refractivity contribution in [1.29, 1.82) is 0 Å². The maximum atomic E-state index is 12.7. The van der Waals surface area contributed by atoms with Gasteiger partial charge in [0.1, 0.15) is 0 Å². The normalized spacial score (nSPS) is 29.0. The summed E-state index contributed by atoms with van der Waals surface area (Å²) in [7, 11) is -3.14. The largest absolute Gasteiger partial charge is 0.330 e. The van der Waals surface area contributed by atoms with Gasteiger partial charge in [0.05, 0.1) is 16.5 Å². The zero-order valence-corrected chi connectivity index (χ0v) is 13.2. The molecule has 1 atom stereocenters. The molecule has 1 amide bonds. The molecule has 3 aliphatic heterocycles. The number of fused-ring (bicyclic) bond motifs is 1. The average molecular weight is 320 g/mol. The zero-order chi connectivity index (χ0) is 15.4. The number of hydrogen-bond acceptors (Lipinski definition) is 4. The van der Waals surface area contributed by atoms with Gasteiger partial charge >= 0.3 is 0 Å². The van der Waals surface area contributed by atoms with Crippen LogP contribution in [0, 0.1) is 0 Å². The highest BCUT2D eigenvalue weighted by Crippen LogP contribution is 2.44. The molecule has 0 radical (unpaired) electrons. The lowest BCUT2D eigenvalue weighted by atomic mass is 9.87. The van der Waals surface area contributed by atoms with E-state index in [-0.39, 0.29) is 17.7 Å². The molecule has 118 valence electrons. The van der Waals surface area contributed by atoms with Crippen molar-refractivity contribution < 1.29 is 13.2 Å². The van der Waals surface area contributed by atoms with Crippen LogP contribution in [-0.2, 0) is 16.4 Å². The van der Waals surface area contributed by atoms with Crippen molar-refractivity contribution in [2.45, 2.75) is 36.6 Å². The molecule has 1 spiro atoms. The van der Waals surface area contributed by atoms with Crippen molar-refractivity contribution in [2.24, 2.45) is 0 Å². The van der Waals surface area contributed by atoms with Gasteiger partial charge in [-0.2, -0.15) is 0 Å². The van der Waals surface area contributed by atoms with Gasteiger partial charge in [-0.05, 0) is 44.0 Å². The molecule has 3 aliphatic rings. The van der Waals surface area contributed by atoms with E-state index in [1.54, 1.807) is 0 Å². The fourth-order valence-electron chi connectivity index (χ4n) is 4.40. The van der Waals surface area contributed by atoms with E-state index < -0.39 is 14.6 Å². The standard InChI is InChI=1S/C16H20N2O3S/c19-15-13-4-2-1-3-12(13)11-18(15)14-5-10-22(20,21)16(14)6-8-17-9-7-16/h1-4,14,17H,5-11H2. The number of benzene rings is 1. The second-order valence-corrected chi connectivity index (χ2v) is 8.98. The summed E-state index contributed by atoms with van der Waals surface area (Å²) in [6.45, 7) is 1.97. The summed E-state index contributed by atoms with van der Waals surface area (Å²) in [6, 6.07) is 7.43. The molecule has 22 heavy (non-hydrogen) atoms. The minimum Gasteiger partial charge on any atom is -0.330 e. The van der Waals surface area contributed by atoms with Gasteiger partial charge in [-0.3, -0.25) is 4.79 Å².